The standard InChI is InChI=1S/C12H16N6S2.Zn/c1-2-13-11(19)17-14-8-9-15-18-12(20)16-10-6-4-3-5-7-10;/h3-9H,2H2,1H3,(H2,13,17,19)(H2,16,18,20);/q;+2/p-2/b14-8+,15-9+;. The summed E-state index contributed by atoms with van der Waals surface area (Å²) in [6, 6.07) is 9.37. The van der Waals surface area contributed by atoms with Gasteiger partial charge < -0.3 is 25.3 Å². The third-order valence-corrected chi connectivity index (χ3v) is 2.23. The fraction of sp³-hybridized carbons (Fsp3) is 0.167. The molecule has 21 heavy (non-hydrogen) atoms. The SMILES string of the molecule is CCN=C([S-])N/N=C/C=N/NC([S-])=Nc1ccccc1.[Zn+2]. The van der Waals surface area contributed by atoms with Gasteiger partial charge in [-0.3, -0.25) is 20.8 Å². The maximum atomic E-state index is 5.00. The Kier molecular flexibility index (Phi) is 11.5. The summed E-state index contributed by atoms with van der Waals surface area (Å²) in [4.78, 5) is 8.07. The van der Waals surface area contributed by atoms with Gasteiger partial charge in [-0.2, -0.15) is 10.2 Å². The second-order valence-electron chi connectivity index (χ2n) is 3.31. The zero-order valence-electron chi connectivity index (χ0n) is 11.6. The Morgan fingerprint density at radius 2 is 1.62 bits per heavy atom. The first-order chi connectivity index (χ1) is 9.72. The van der Waals surface area contributed by atoms with Crippen LogP contribution in [0, 0.1) is 0 Å². The summed E-state index contributed by atoms with van der Waals surface area (Å²) in [6.45, 7) is 2.51. The second kappa shape index (κ2) is 12.3. The van der Waals surface area contributed by atoms with E-state index in [4.69, 9.17) is 25.3 Å². The van der Waals surface area contributed by atoms with Gasteiger partial charge in [0.15, 0.2) is 0 Å². The summed E-state index contributed by atoms with van der Waals surface area (Å²) in [5, 5.41) is 8.24. The number of nitrogens with one attached hydrogen (secondary N) is 2. The Labute approximate surface area is 147 Å². The van der Waals surface area contributed by atoms with Gasteiger partial charge in [-0.05, 0) is 24.2 Å². The number of benzene rings is 1. The number of hydrazone groups is 2. The van der Waals surface area contributed by atoms with E-state index < -0.39 is 0 Å². The normalized spacial score (nSPS) is 12.4. The topological polar surface area (TPSA) is 73.5 Å². The number of aliphatic imine (C=N–C) groups is 2. The van der Waals surface area contributed by atoms with Crippen LogP contribution < -0.4 is 10.9 Å². The van der Waals surface area contributed by atoms with Crippen molar-refractivity contribution >= 4 is 53.7 Å². The van der Waals surface area contributed by atoms with Gasteiger partial charge >= 0.3 is 19.5 Å². The number of amidine groups is 2. The maximum absolute atomic E-state index is 5.00. The van der Waals surface area contributed by atoms with Crippen molar-refractivity contribution in [1.29, 1.82) is 0 Å². The summed E-state index contributed by atoms with van der Waals surface area (Å²) < 4.78 is 0. The van der Waals surface area contributed by atoms with Crippen LogP contribution in [0.4, 0.5) is 5.69 Å². The van der Waals surface area contributed by atoms with E-state index in [0.29, 0.717) is 11.7 Å². The van der Waals surface area contributed by atoms with Crippen LogP contribution in [-0.2, 0) is 44.7 Å². The molecule has 106 valence electrons. The van der Waals surface area contributed by atoms with Crippen LogP contribution in [0.15, 0.2) is 50.5 Å². The van der Waals surface area contributed by atoms with Gasteiger partial charge in [0.05, 0.1) is 18.1 Å². The van der Waals surface area contributed by atoms with E-state index in [1.165, 1.54) is 12.4 Å². The van der Waals surface area contributed by atoms with Crippen LogP contribution in [0.3, 0.4) is 0 Å². The molecule has 0 aliphatic rings. The predicted octanol–water partition coefficient (Wildman–Crippen LogP) is 1.29. The molecule has 0 fully saturated rings. The minimum Gasteiger partial charge on any atom is -0.741 e. The van der Waals surface area contributed by atoms with Crippen LogP contribution in [0.5, 0.6) is 0 Å². The summed E-state index contributed by atoms with van der Waals surface area (Å²) in [5.41, 5.74) is 5.94. The molecule has 9 heteroatoms. The molecule has 6 nitrogen and oxygen atoms in total. The molecule has 0 bridgehead atoms. The summed E-state index contributed by atoms with van der Waals surface area (Å²) in [6.07, 6.45) is 2.85. The predicted molar refractivity (Wildman–Crippen MR) is 89.5 cm³/mol. The van der Waals surface area contributed by atoms with Crippen LogP contribution in [-0.4, -0.2) is 29.3 Å². The summed E-state index contributed by atoms with van der Waals surface area (Å²) in [7, 11) is 0. The van der Waals surface area contributed by atoms with Gasteiger partial charge in [0.1, 0.15) is 0 Å². The molecular weight excluding hydrogens is 358 g/mol. The Balaban J connectivity index is 0.00000400. The molecule has 0 saturated carbocycles. The molecule has 1 rings (SSSR count). The minimum absolute atomic E-state index is 0. The van der Waals surface area contributed by atoms with Crippen molar-refractivity contribution in [1.82, 2.24) is 10.9 Å². The van der Waals surface area contributed by atoms with Crippen molar-refractivity contribution in [2.24, 2.45) is 20.2 Å². The van der Waals surface area contributed by atoms with Crippen molar-refractivity contribution in [2.45, 2.75) is 6.92 Å². The Bertz CT molecular complexity index is 516. The fourth-order valence-corrected chi connectivity index (χ4v) is 1.42. The van der Waals surface area contributed by atoms with Crippen molar-refractivity contribution in [2.75, 3.05) is 6.54 Å². The van der Waals surface area contributed by atoms with E-state index in [1.807, 2.05) is 37.3 Å². The van der Waals surface area contributed by atoms with E-state index in [0.717, 1.165) is 5.69 Å². The molecule has 0 aromatic heterocycles. The zero-order valence-corrected chi connectivity index (χ0v) is 16.2. The van der Waals surface area contributed by atoms with Gasteiger partial charge in [-0.25, -0.2) is 0 Å². The molecule has 0 saturated heterocycles. The van der Waals surface area contributed by atoms with E-state index in [9.17, 15) is 0 Å². The van der Waals surface area contributed by atoms with E-state index >= 15 is 0 Å². The smallest absolute Gasteiger partial charge is 0.741 e. The van der Waals surface area contributed by atoms with Gasteiger partial charge in [0.2, 0.25) is 0 Å². The summed E-state index contributed by atoms with van der Waals surface area (Å²) >= 11 is 9.86. The average molecular weight is 372 g/mol. The Morgan fingerprint density at radius 1 is 1.05 bits per heavy atom. The van der Waals surface area contributed by atoms with Crippen LogP contribution in [0.2, 0.25) is 0 Å². The van der Waals surface area contributed by atoms with Crippen LogP contribution in [0.25, 0.3) is 0 Å². The number of hydrogen-bond acceptors (Lipinski definition) is 6. The monoisotopic (exact) mass is 370 g/mol. The maximum Gasteiger partial charge on any atom is 2.00 e. The number of rotatable bonds is 5. The molecule has 2 N–H and O–H groups in total. The first-order valence-electron chi connectivity index (χ1n) is 5.81. The second-order valence-corrected chi connectivity index (χ2v) is 4.09. The molecule has 1 aromatic rings. The van der Waals surface area contributed by atoms with Gasteiger partial charge in [-0.15, -0.1) is 0 Å². The third-order valence-electron chi connectivity index (χ3n) is 1.82. The largest absolute Gasteiger partial charge is 2.00 e. The Morgan fingerprint density at radius 3 is 2.19 bits per heavy atom. The van der Waals surface area contributed by atoms with Gasteiger partial charge in [0, 0.05) is 11.7 Å². The molecule has 0 amide bonds. The first-order valence-corrected chi connectivity index (χ1v) is 6.63. The van der Waals surface area contributed by atoms with Crippen molar-refractivity contribution in [3.05, 3.63) is 30.3 Å². The quantitative estimate of drug-likeness (QED) is 0.269. The van der Waals surface area contributed by atoms with Crippen molar-refractivity contribution in [3.8, 4) is 0 Å². The molecular formula is C12H14N6S2Zn. The van der Waals surface area contributed by atoms with E-state index in [2.05, 4.69) is 31.0 Å². The van der Waals surface area contributed by atoms with Crippen LogP contribution >= 0.6 is 0 Å². The van der Waals surface area contributed by atoms with E-state index in [1.54, 1.807) is 0 Å². The van der Waals surface area contributed by atoms with Crippen LogP contribution in [0.1, 0.15) is 6.92 Å². The van der Waals surface area contributed by atoms with Crippen molar-refractivity contribution in [3.63, 3.8) is 0 Å². The molecule has 0 aliphatic heterocycles. The average Bonchev–Trinajstić information content (AvgIpc) is 2.44. The third kappa shape index (κ3) is 10.0. The molecule has 0 spiro atoms. The number of hydrogen-bond donors (Lipinski definition) is 2. The number of nitrogens with zero attached hydrogens (tertiary/aromatic N) is 4. The van der Waals surface area contributed by atoms with Crippen molar-refractivity contribution < 1.29 is 19.5 Å². The summed E-state index contributed by atoms with van der Waals surface area (Å²) in [5.74, 6) is 0. The molecule has 0 atom stereocenters. The fourth-order valence-electron chi connectivity index (χ4n) is 1.08. The number of para-hydroxylation sites is 1. The molecule has 1 aromatic carbocycles. The minimum atomic E-state index is 0. The Hall–Kier alpha value is -1.44. The zero-order chi connectivity index (χ0) is 14.6. The molecule has 0 aliphatic carbocycles. The van der Waals surface area contributed by atoms with E-state index in [-0.39, 0.29) is 24.6 Å². The van der Waals surface area contributed by atoms with Gasteiger partial charge in [-0.1, -0.05) is 18.2 Å². The van der Waals surface area contributed by atoms with Gasteiger partial charge in [0.25, 0.3) is 0 Å². The molecule has 0 radical (unpaired) electrons. The molecule has 0 heterocycles. The first kappa shape index (κ1) is 19.6. The molecule has 0 unspecified atom stereocenters.